The van der Waals surface area contributed by atoms with Crippen LogP contribution in [0.25, 0.3) is 0 Å². The number of amides is 1. The third-order valence-corrected chi connectivity index (χ3v) is 5.05. The van der Waals surface area contributed by atoms with Crippen LogP contribution in [0.2, 0.25) is 5.02 Å². The lowest BCUT2D eigenvalue weighted by molar-refractivity contribution is -0.116. The number of aryl methyl sites for hydroxylation is 2. The third-order valence-electron chi connectivity index (χ3n) is 4.81. The third kappa shape index (κ3) is 3.51. The lowest BCUT2D eigenvalue weighted by Gasteiger charge is -2.18. The van der Waals surface area contributed by atoms with Crippen LogP contribution in [0.5, 0.6) is 0 Å². The molecular weight excluding hydrogens is 370 g/mol. The quantitative estimate of drug-likeness (QED) is 0.648. The van der Waals surface area contributed by atoms with Gasteiger partial charge in [-0.05, 0) is 43.2 Å². The Bertz CT molecular complexity index is 1060. The molecule has 1 heterocycles. The largest absolute Gasteiger partial charge is 0.356 e. The predicted octanol–water partition coefficient (Wildman–Crippen LogP) is 5.18. The van der Waals surface area contributed by atoms with E-state index in [0.717, 1.165) is 33.7 Å². The van der Waals surface area contributed by atoms with Crippen LogP contribution in [0.1, 0.15) is 22.3 Å². The standard InChI is InChI=1S/C23H20ClN3O/c1-14-7-6-8-15(2)20(14)26-22-23(28)25-19-12-11-17(24)13-18(19)21(27-22)16-9-4-3-5-10-16/h3-13,22,26H,1-2H3,(H,25,28). The number of halogens is 1. The first-order valence-corrected chi connectivity index (χ1v) is 9.47. The second kappa shape index (κ2) is 7.49. The van der Waals surface area contributed by atoms with Crippen molar-refractivity contribution in [2.24, 2.45) is 4.99 Å². The lowest BCUT2D eigenvalue weighted by Crippen LogP contribution is -2.33. The monoisotopic (exact) mass is 389 g/mol. The van der Waals surface area contributed by atoms with E-state index in [4.69, 9.17) is 16.6 Å². The minimum Gasteiger partial charge on any atom is -0.356 e. The fourth-order valence-electron chi connectivity index (χ4n) is 3.38. The molecule has 1 amide bonds. The normalized spacial score (nSPS) is 15.9. The van der Waals surface area contributed by atoms with Crippen molar-refractivity contribution < 1.29 is 4.79 Å². The summed E-state index contributed by atoms with van der Waals surface area (Å²) in [4.78, 5) is 17.8. The van der Waals surface area contributed by atoms with Crippen LogP contribution in [0.4, 0.5) is 11.4 Å². The van der Waals surface area contributed by atoms with Crippen molar-refractivity contribution in [1.29, 1.82) is 0 Å². The van der Waals surface area contributed by atoms with Gasteiger partial charge in [-0.3, -0.25) is 4.79 Å². The van der Waals surface area contributed by atoms with Crippen LogP contribution in [0.15, 0.2) is 71.7 Å². The van der Waals surface area contributed by atoms with Crippen LogP contribution in [-0.2, 0) is 4.79 Å². The van der Waals surface area contributed by atoms with E-state index in [1.54, 1.807) is 6.07 Å². The van der Waals surface area contributed by atoms with Crippen molar-refractivity contribution in [3.05, 3.63) is 94.0 Å². The molecule has 4 nitrogen and oxygen atoms in total. The SMILES string of the molecule is Cc1cccc(C)c1NC1N=C(c2ccccc2)c2cc(Cl)ccc2NC1=O. The summed E-state index contributed by atoms with van der Waals surface area (Å²) in [5.74, 6) is -0.211. The van der Waals surface area contributed by atoms with E-state index in [1.807, 2.05) is 74.5 Å². The molecule has 2 N–H and O–H groups in total. The molecule has 0 saturated heterocycles. The number of anilines is 2. The van der Waals surface area contributed by atoms with E-state index in [-0.39, 0.29) is 5.91 Å². The molecule has 0 aliphatic carbocycles. The summed E-state index contributed by atoms with van der Waals surface area (Å²) < 4.78 is 0. The lowest BCUT2D eigenvalue weighted by atomic mass is 10.0. The highest BCUT2D eigenvalue weighted by Gasteiger charge is 2.26. The molecular formula is C23H20ClN3O. The van der Waals surface area contributed by atoms with Crippen molar-refractivity contribution in [1.82, 2.24) is 0 Å². The maximum absolute atomic E-state index is 13.0. The van der Waals surface area contributed by atoms with Gasteiger partial charge in [0.2, 0.25) is 0 Å². The molecule has 0 aromatic heterocycles. The molecule has 0 saturated carbocycles. The second-order valence-electron chi connectivity index (χ2n) is 6.84. The van der Waals surface area contributed by atoms with E-state index in [1.165, 1.54) is 0 Å². The van der Waals surface area contributed by atoms with Crippen molar-refractivity contribution in [3.8, 4) is 0 Å². The van der Waals surface area contributed by atoms with E-state index in [9.17, 15) is 4.79 Å². The Kier molecular flexibility index (Phi) is 4.88. The molecule has 1 aliphatic heterocycles. The molecule has 0 fully saturated rings. The van der Waals surface area contributed by atoms with E-state index >= 15 is 0 Å². The van der Waals surface area contributed by atoms with Crippen LogP contribution >= 0.6 is 11.6 Å². The van der Waals surface area contributed by atoms with Crippen LogP contribution in [0, 0.1) is 13.8 Å². The zero-order valence-corrected chi connectivity index (χ0v) is 16.4. The van der Waals surface area contributed by atoms with Gasteiger partial charge in [-0.1, -0.05) is 60.1 Å². The number of para-hydroxylation sites is 1. The summed E-state index contributed by atoms with van der Waals surface area (Å²) in [6.07, 6.45) is -0.763. The summed E-state index contributed by atoms with van der Waals surface area (Å²) in [7, 11) is 0. The van der Waals surface area contributed by atoms with Gasteiger partial charge in [0.15, 0.2) is 6.17 Å². The molecule has 1 unspecified atom stereocenters. The fourth-order valence-corrected chi connectivity index (χ4v) is 3.55. The van der Waals surface area contributed by atoms with Crippen molar-refractivity contribution >= 4 is 34.6 Å². The fraction of sp³-hybridized carbons (Fsp3) is 0.130. The van der Waals surface area contributed by atoms with E-state index in [2.05, 4.69) is 10.6 Å². The molecule has 3 aromatic rings. The second-order valence-corrected chi connectivity index (χ2v) is 7.27. The maximum Gasteiger partial charge on any atom is 0.269 e. The molecule has 5 heteroatoms. The number of benzodiazepines with no additional fused rings is 1. The van der Waals surface area contributed by atoms with Gasteiger partial charge in [-0.2, -0.15) is 0 Å². The Morgan fingerprint density at radius 1 is 0.964 bits per heavy atom. The minimum absolute atomic E-state index is 0.211. The van der Waals surface area contributed by atoms with Crippen LogP contribution < -0.4 is 10.6 Å². The number of aliphatic imine (C=N–C) groups is 1. The first kappa shape index (κ1) is 18.3. The number of hydrogen-bond donors (Lipinski definition) is 2. The Morgan fingerprint density at radius 3 is 2.39 bits per heavy atom. The van der Waals surface area contributed by atoms with Crippen LogP contribution in [0.3, 0.4) is 0 Å². The van der Waals surface area contributed by atoms with Crippen LogP contribution in [-0.4, -0.2) is 17.8 Å². The molecule has 0 radical (unpaired) electrons. The number of hydrogen-bond acceptors (Lipinski definition) is 3. The molecule has 3 aromatic carbocycles. The molecule has 140 valence electrons. The summed E-state index contributed by atoms with van der Waals surface area (Å²) in [6.45, 7) is 4.03. The Morgan fingerprint density at radius 2 is 1.68 bits per heavy atom. The van der Waals surface area contributed by atoms with Gasteiger partial charge in [0.05, 0.1) is 11.4 Å². The number of nitrogens with zero attached hydrogens (tertiary/aromatic N) is 1. The first-order valence-electron chi connectivity index (χ1n) is 9.09. The number of rotatable bonds is 3. The topological polar surface area (TPSA) is 53.5 Å². The van der Waals surface area contributed by atoms with Crippen molar-refractivity contribution in [3.63, 3.8) is 0 Å². The maximum atomic E-state index is 13.0. The number of nitrogens with one attached hydrogen (secondary N) is 2. The van der Waals surface area contributed by atoms with Crippen molar-refractivity contribution in [2.45, 2.75) is 20.0 Å². The molecule has 1 aliphatic rings. The molecule has 1 atom stereocenters. The van der Waals surface area contributed by atoms with Gasteiger partial charge in [-0.15, -0.1) is 0 Å². The summed E-state index contributed by atoms with van der Waals surface area (Å²) in [6, 6.07) is 21.3. The smallest absolute Gasteiger partial charge is 0.269 e. The van der Waals surface area contributed by atoms with Gasteiger partial charge in [0.1, 0.15) is 0 Å². The van der Waals surface area contributed by atoms with Crippen molar-refractivity contribution in [2.75, 3.05) is 10.6 Å². The Balaban J connectivity index is 1.85. The average molecular weight is 390 g/mol. The molecule has 28 heavy (non-hydrogen) atoms. The molecule has 0 spiro atoms. The number of carbonyl (C=O) groups is 1. The highest BCUT2D eigenvalue weighted by Crippen LogP contribution is 2.28. The first-order chi connectivity index (χ1) is 13.5. The molecule has 4 rings (SSSR count). The van der Waals surface area contributed by atoms with Gasteiger partial charge < -0.3 is 10.6 Å². The highest BCUT2D eigenvalue weighted by atomic mass is 35.5. The predicted molar refractivity (Wildman–Crippen MR) is 115 cm³/mol. The zero-order chi connectivity index (χ0) is 19.7. The van der Waals surface area contributed by atoms with Gasteiger partial charge >= 0.3 is 0 Å². The Hall–Kier alpha value is -3.11. The Labute approximate surface area is 169 Å². The van der Waals surface area contributed by atoms with E-state index < -0.39 is 6.17 Å². The highest BCUT2D eigenvalue weighted by molar-refractivity contribution is 6.32. The summed E-state index contributed by atoms with van der Waals surface area (Å²) >= 11 is 6.24. The van der Waals surface area contributed by atoms with E-state index in [0.29, 0.717) is 10.7 Å². The van der Waals surface area contributed by atoms with Gasteiger partial charge in [0.25, 0.3) is 5.91 Å². The molecule has 0 bridgehead atoms. The number of carbonyl (C=O) groups excluding carboxylic acids is 1. The minimum atomic E-state index is -0.763. The zero-order valence-electron chi connectivity index (χ0n) is 15.7. The van der Waals surface area contributed by atoms with Gasteiger partial charge in [0, 0.05) is 21.8 Å². The number of fused-ring (bicyclic) bond motifs is 1. The summed E-state index contributed by atoms with van der Waals surface area (Å²) in [5.41, 5.74) is 6.20. The summed E-state index contributed by atoms with van der Waals surface area (Å²) in [5, 5.41) is 6.90. The number of benzene rings is 3. The van der Waals surface area contributed by atoms with Gasteiger partial charge in [-0.25, -0.2) is 4.99 Å². The average Bonchev–Trinajstić information content (AvgIpc) is 2.82.